The van der Waals surface area contributed by atoms with Crippen LogP contribution in [0.25, 0.3) is 0 Å². The van der Waals surface area contributed by atoms with Crippen molar-refractivity contribution in [3.63, 3.8) is 0 Å². The highest BCUT2D eigenvalue weighted by molar-refractivity contribution is 4.97. The Morgan fingerprint density at radius 1 is 1.05 bits per heavy atom. The van der Waals surface area contributed by atoms with Gasteiger partial charge < -0.3 is 15.0 Å². The molecule has 4 rings (SSSR count). The number of nitrogens with zero attached hydrogens (tertiary/aromatic N) is 1. The summed E-state index contributed by atoms with van der Waals surface area (Å²) in [7, 11) is 2.33. The number of nitrogens with one attached hydrogen (secondary N) is 1. The van der Waals surface area contributed by atoms with Gasteiger partial charge in [0.25, 0.3) is 0 Å². The van der Waals surface area contributed by atoms with Crippen molar-refractivity contribution in [2.24, 2.45) is 0 Å². The van der Waals surface area contributed by atoms with Crippen LogP contribution in [-0.4, -0.2) is 48.3 Å². The van der Waals surface area contributed by atoms with E-state index >= 15 is 0 Å². The topological polar surface area (TPSA) is 24.5 Å². The maximum absolute atomic E-state index is 6.48. The second-order valence-electron chi connectivity index (χ2n) is 7.87. The Labute approximate surface area is 123 Å². The molecule has 20 heavy (non-hydrogen) atoms. The van der Waals surface area contributed by atoms with E-state index in [1.807, 2.05) is 0 Å². The van der Waals surface area contributed by atoms with Gasteiger partial charge in [-0.15, -0.1) is 0 Å². The number of hydrogen-bond acceptors (Lipinski definition) is 3. The van der Waals surface area contributed by atoms with Crippen LogP contribution in [0.5, 0.6) is 0 Å². The lowest BCUT2D eigenvalue weighted by atomic mass is 9.97. The molecule has 0 aromatic heterocycles. The standard InChI is InChI=1S/C17H30N2O/c1-19(15-10-13-4-5-14(11-15)18-13)12-16-6-9-17(20-16)7-2-3-8-17/h13-16,18H,2-12H2,1H3. The van der Waals surface area contributed by atoms with Gasteiger partial charge in [-0.1, -0.05) is 12.8 Å². The summed E-state index contributed by atoms with van der Waals surface area (Å²) in [4.78, 5) is 2.62. The molecule has 3 unspecified atom stereocenters. The second kappa shape index (κ2) is 5.26. The van der Waals surface area contributed by atoms with Crippen LogP contribution in [0.15, 0.2) is 0 Å². The zero-order chi connectivity index (χ0) is 13.6. The third kappa shape index (κ3) is 2.53. The maximum atomic E-state index is 6.48. The Kier molecular flexibility index (Phi) is 3.56. The molecule has 114 valence electrons. The Morgan fingerprint density at radius 2 is 1.75 bits per heavy atom. The quantitative estimate of drug-likeness (QED) is 0.859. The predicted octanol–water partition coefficient (Wildman–Crippen LogP) is 2.69. The average Bonchev–Trinajstić information content (AvgIpc) is 3.14. The molecule has 0 aromatic carbocycles. The van der Waals surface area contributed by atoms with Gasteiger partial charge in [0.1, 0.15) is 0 Å². The van der Waals surface area contributed by atoms with Crippen molar-refractivity contribution < 1.29 is 4.74 Å². The molecule has 0 amide bonds. The Hall–Kier alpha value is -0.120. The summed E-state index contributed by atoms with van der Waals surface area (Å²) in [6.45, 7) is 1.16. The molecule has 3 heteroatoms. The van der Waals surface area contributed by atoms with Crippen LogP contribution < -0.4 is 5.32 Å². The molecule has 0 radical (unpaired) electrons. The van der Waals surface area contributed by atoms with Crippen molar-refractivity contribution in [3.05, 3.63) is 0 Å². The average molecular weight is 278 g/mol. The molecule has 3 aliphatic heterocycles. The van der Waals surface area contributed by atoms with Crippen LogP contribution in [0.1, 0.15) is 64.2 Å². The summed E-state index contributed by atoms with van der Waals surface area (Å²) in [6, 6.07) is 2.39. The molecule has 1 saturated carbocycles. The summed E-state index contributed by atoms with van der Waals surface area (Å²) in [5, 5.41) is 3.75. The number of ether oxygens (including phenoxy) is 1. The van der Waals surface area contributed by atoms with E-state index in [1.165, 1.54) is 64.2 Å². The van der Waals surface area contributed by atoms with E-state index < -0.39 is 0 Å². The van der Waals surface area contributed by atoms with Gasteiger partial charge in [-0.2, -0.15) is 0 Å². The van der Waals surface area contributed by atoms with Crippen molar-refractivity contribution in [2.75, 3.05) is 13.6 Å². The number of fused-ring (bicyclic) bond motifs is 2. The monoisotopic (exact) mass is 278 g/mol. The number of likely N-dealkylation sites (N-methyl/N-ethyl adjacent to an activating group) is 1. The molecule has 3 heterocycles. The van der Waals surface area contributed by atoms with Crippen molar-refractivity contribution >= 4 is 0 Å². The first-order valence-corrected chi connectivity index (χ1v) is 8.87. The van der Waals surface area contributed by atoms with Gasteiger partial charge in [-0.3, -0.25) is 0 Å². The van der Waals surface area contributed by atoms with Crippen molar-refractivity contribution in [3.8, 4) is 0 Å². The summed E-state index contributed by atoms with van der Waals surface area (Å²) >= 11 is 0. The van der Waals surface area contributed by atoms with Gasteiger partial charge in [0.05, 0.1) is 11.7 Å². The lowest BCUT2D eigenvalue weighted by Crippen LogP contribution is -2.48. The van der Waals surface area contributed by atoms with E-state index in [4.69, 9.17) is 4.74 Å². The van der Waals surface area contributed by atoms with Crippen molar-refractivity contribution in [2.45, 2.75) is 94.0 Å². The fourth-order valence-corrected chi connectivity index (χ4v) is 5.27. The van der Waals surface area contributed by atoms with Gasteiger partial charge in [-0.05, 0) is 58.4 Å². The maximum Gasteiger partial charge on any atom is 0.0710 e. The first-order chi connectivity index (χ1) is 9.72. The molecule has 2 bridgehead atoms. The highest BCUT2D eigenvalue weighted by atomic mass is 16.5. The Balaban J connectivity index is 1.31. The molecular weight excluding hydrogens is 248 g/mol. The highest BCUT2D eigenvalue weighted by Crippen LogP contribution is 2.43. The van der Waals surface area contributed by atoms with Gasteiger partial charge in [0.2, 0.25) is 0 Å². The SMILES string of the molecule is CN(CC1CCC2(CCCC2)O1)C1CC2CCC(C1)N2. The van der Waals surface area contributed by atoms with Crippen LogP contribution in [0.3, 0.4) is 0 Å². The van der Waals surface area contributed by atoms with Crippen molar-refractivity contribution in [1.29, 1.82) is 0 Å². The molecule has 3 atom stereocenters. The minimum absolute atomic E-state index is 0.304. The summed E-state index contributed by atoms with van der Waals surface area (Å²) in [6.07, 6.45) is 14.1. The van der Waals surface area contributed by atoms with Gasteiger partial charge in [0.15, 0.2) is 0 Å². The molecule has 4 aliphatic rings. The van der Waals surface area contributed by atoms with Gasteiger partial charge >= 0.3 is 0 Å². The van der Waals surface area contributed by atoms with Crippen LogP contribution >= 0.6 is 0 Å². The molecule has 3 saturated heterocycles. The van der Waals surface area contributed by atoms with Crippen molar-refractivity contribution in [1.82, 2.24) is 10.2 Å². The van der Waals surface area contributed by atoms with Gasteiger partial charge in [-0.25, -0.2) is 0 Å². The van der Waals surface area contributed by atoms with E-state index in [1.54, 1.807) is 0 Å². The van der Waals surface area contributed by atoms with Crippen LogP contribution in [0, 0.1) is 0 Å². The van der Waals surface area contributed by atoms with Crippen LogP contribution in [0.4, 0.5) is 0 Å². The Bertz CT molecular complexity index is 341. The predicted molar refractivity (Wildman–Crippen MR) is 80.9 cm³/mol. The number of rotatable bonds is 3. The summed E-state index contributed by atoms with van der Waals surface area (Å²) < 4.78 is 6.48. The van der Waals surface area contributed by atoms with E-state index in [9.17, 15) is 0 Å². The minimum atomic E-state index is 0.304. The van der Waals surface area contributed by atoms with E-state index in [-0.39, 0.29) is 0 Å². The van der Waals surface area contributed by atoms with Crippen LogP contribution in [0.2, 0.25) is 0 Å². The summed E-state index contributed by atoms with van der Waals surface area (Å²) in [5.74, 6) is 0. The Morgan fingerprint density at radius 3 is 2.45 bits per heavy atom. The molecule has 4 fully saturated rings. The third-order valence-electron chi connectivity index (χ3n) is 6.42. The third-order valence-corrected chi connectivity index (χ3v) is 6.42. The fraction of sp³-hybridized carbons (Fsp3) is 1.00. The zero-order valence-electron chi connectivity index (χ0n) is 12.9. The van der Waals surface area contributed by atoms with E-state index in [0.717, 1.165) is 24.7 Å². The van der Waals surface area contributed by atoms with E-state index in [0.29, 0.717) is 11.7 Å². The fourth-order valence-electron chi connectivity index (χ4n) is 5.27. The highest BCUT2D eigenvalue weighted by Gasteiger charge is 2.43. The number of hydrogen-bond donors (Lipinski definition) is 1. The normalized spacial score (nSPS) is 42.9. The van der Waals surface area contributed by atoms with E-state index in [2.05, 4.69) is 17.3 Å². The molecule has 1 spiro atoms. The second-order valence-corrected chi connectivity index (χ2v) is 7.87. The lowest BCUT2D eigenvalue weighted by Gasteiger charge is -2.37. The first-order valence-electron chi connectivity index (χ1n) is 8.87. The molecule has 1 aliphatic carbocycles. The first kappa shape index (κ1) is 13.5. The number of piperidine rings is 1. The lowest BCUT2D eigenvalue weighted by molar-refractivity contribution is -0.0501. The minimum Gasteiger partial charge on any atom is -0.370 e. The smallest absolute Gasteiger partial charge is 0.0710 e. The molecular formula is C17H30N2O. The molecule has 0 aromatic rings. The summed E-state index contributed by atoms with van der Waals surface area (Å²) in [5.41, 5.74) is 0.304. The van der Waals surface area contributed by atoms with Crippen LogP contribution in [-0.2, 0) is 4.74 Å². The zero-order valence-corrected chi connectivity index (χ0v) is 12.9. The largest absolute Gasteiger partial charge is 0.370 e. The molecule has 3 nitrogen and oxygen atoms in total. The molecule has 1 N–H and O–H groups in total. The van der Waals surface area contributed by atoms with Gasteiger partial charge in [0, 0.05) is 24.7 Å².